The molecule has 2 aromatic carbocycles. The van der Waals surface area contributed by atoms with Crippen LogP contribution in [0.2, 0.25) is 0 Å². The molecule has 130 valence electrons. The van der Waals surface area contributed by atoms with E-state index in [1.807, 2.05) is 6.92 Å². The number of amides is 2. The number of benzene rings is 2. The molecule has 0 fully saturated rings. The van der Waals surface area contributed by atoms with Crippen molar-refractivity contribution in [2.24, 2.45) is 0 Å². The van der Waals surface area contributed by atoms with Crippen LogP contribution in [0.3, 0.4) is 0 Å². The first-order chi connectivity index (χ1) is 12.0. The normalized spacial score (nSPS) is 14.4. The minimum Gasteiger partial charge on any atom is -0.493 e. The number of nitrogens with zero attached hydrogens (tertiary/aromatic N) is 1. The Morgan fingerprint density at radius 2 is 1.68 bits per heavy atom. The van der Waals surface area contributed by atoms with Crippen molar-refractivity contribution < 1.29 is 19.1 Å². The van der Waals surface area contributed by atoms with E-state index in [2.05, 4.69) is 0 Å². The van der Waals surface area contributed by atoms with E-state index >= 15 is 0 Å². The van der Waals surface area contributed by atoms with Crippen LogP contribution in [0.5, 0.6) is 11.5 Å². The zero-order chi connectivity index (χ0) is 18.0. The van der Waals surface area contributed by atoms with Gasteiger partial charge in [0.25, 0.3) is 11.8 Å². The fourth-order valence-corrected chi connectivity index (χ4v) is 2.81. The van der Waals surface area contributed by atoms with E-state index in [1.54, 1.807) is 49.6 Å². The average Bonchev–Trinajstić information content (AvgIpc) is 2.86. The van der Waals surface area contributed by atoms with Crippen LogP contribution < -0.4 is 15.2 Å². The Morgan fingerprint density at radius 3 is 2.28 bits per heavy atom. The second-order valence-electron chi connectivity index (χ2n) is 5.93. The lowest BCUT2D eigenvalue weighted by atomic mass is 10.1. The van der Waals surface area contributed by atoms with Crippen molar-refractivity contribution in [1.29, 1.82) is 0 Å². The number of nitrogens with two attached hydrogens (primary N) is 1. The summed E-state index contributed by atoms with van der Waals surface area (Å²) in [4.78, 5) is 26.0. The lowest BCUT2D eigenvalue weighted by Gasteiger charge is -2.20. The van der Waals surface area contributed by atoms with E-state index in [0.717, 1.165) is 0 Å². The lowest BCUT2D eigenvalue weighted by molar-refractivity contribution is 0.0634. The number of nitrogen functional groups attached to an aromatic ring is 1. The molecule has 6 heteroatoms. The predicted molar refractivity (Wildman–Crippen MR) is 93.9 cm³/mol. The highest BCUT2D eigenvalue weighted by atomic mass is 16.5. The Balaban J connectivity index is 1.63. The van der Waals surface area contributed by atoms with Gasteiger partial charge in [0.05, 0.1) is 24.3 Å². The minimum absolute atomic E-state index is 0.207. The highest BCUT2D eigenvalue weighted by Gasteiger charge is 2.34. The number of rotatable bonds is 6. The van der Waals surface area contributed by atoms with Crippen LogP contribution in [0.25, 0.3) is 0 Å². The van der Waals surface area contributed by atoms with Crippen molar-refractivity contribution in [1.82, 2.24) is 4.90 Å². The number of carbonyl (C=O) groups is 2. The zero-order valence-corrected chi connectivity index (χ0v) is 14.2. The van der Waals surface area contributed by atoms with Gasteiger partial charge in [-0.15, -0.1) is 0 Å². The summed E-state index contributed by atoms with van der Waals surface area (Å²) < 4.78 is 11.1. The summed E-state index contributed by atoms with van der Waals surface area (Å²) in [6.45, 7) is 2.18. The maximum atomic E-state index is 12.3. The molecule has 0 spiro atoms. The molecule has 6 nitrogen and oxygen atoms in total. The molecular formula is C19H20N2O4. The number of ether oxygens (including phenoxy) is 2. The zero-order valence-electron chi connectivity index (χ0n) is 14.2. The largest absolute Gasteiger partial charge is 0.493 e. The molecule has 1 atom stereocenters. The summed E-state index contributed by atoms with van der Waals surface area (Å²) in [6.07, 6.45) is 0.306. The maximum Gasteiger partial charge on any atom is 0.261 e. The Kier molecular flexibility index (Phi) is 4.61. The molecule has 1 aliphatic heterocycles. The molecular weight excluding hydrogens is 320 g/mol. The third-order valence-electron chi connectivity index (χ3n) is 4.15. The SMILES string of the molecule is COc1cc(N)ccc1OC(C)CCN1C(=O)c2ccccc2C1=O. The van der Waals surface area contributed by atoms with E-state index < -0.39 is 0 Å². The van der Waals surface area contributed by atoms with E-state index in [-0.39, 0.29) is 17.9 Å². The quantitative estimate of drug-likeness (QED) is 0.646. The van der Waals surface area contributed by atoms with E-state index in [0.29, 0.717) is 41.3 Å². The van der Waals surface area contributed by atoms with Gasteiger partial charge in [-0.25, -0.2) is 0 Å². The molecule has 0 saturated heterocycles. The highest BCUT2D eigenvalue weighted by Crippen LogP contribution is 2.30. The molecule has 2 aromatic rings. The molecule has 0 bridgehead atoms. The van der Waals surface area contributed by atoms with Crippen molar-refractivity contribution in [3.63, 3.8) is 0 Å². The van der Waals surface area contributed by atoms with E-state index in [9.17, 15) is 9.59 Å². The van der Waals surface area contributed by atoms with Crippen molar-refractivity contribution in [3.05, 3.63) is 53.6 Å². The van der Waals surface area contributed by atoms with Crippen LogP contribution in [0.15, 0.2) is 42.5 Å². The van der Waals surface area contributed by atoms with Crippen LogP contribution in [0, 0.1) is 0 Å². The Labute approximate surface area is 146 Å². The van der Waals surface area contributed by atoms with E-state index in [4.69, 9.17) is 15.2 Å². The second-order valence-corrected chi connectivity index (χ2v) is 5.93. The Hall–Kier alpha value is -3.02. The van der Waals surface area contributed by atoms with Gasteiger partial charge in [0, 0.05) is 24.7 Å². The number of anilines is 1. The van der Waals surface area contributed by atoms with Gasteiger partial charge >= 0.3 is 0 Å². The van der Waals surface area contributed by atoms with Gasteiger partial charge in [-0.2, -0.15) is 0 Å². The first-order valence-electron chi connectivity index (χ1n) is 8.06. The number of methoxy groups -OCH3 is 1. The highest BCUT2D eigenvalue weighted by molar-refractivity contribution is 6.21. The average molecular weight is 340 g/mol. The molecule has 0 aromatic heterocycles. The monoisotopic (exact) mass is 340 g/mol. The first-order valence-corrected chi connectivity index (χ1v) is 8.06. The summed E-state index contributed by atoms with van der Waals surface area (Å²) in [6, 6.07) is 12.0. The Bertz CT molecular complexity index is 784. The van der Waals surface area contributed by atoms with Crippen LogP contribution in [0.4, 0.5) is 5.69 Å². The molecule has 0 saturated carbocycles. The van der Waals surface area contributed by atoms with Crippen molar-refractivity contribution in [2.45, 2.75) is 19.4 Å². The van der Waals surface area contributed by atoms with Crippen molar-refractivity contribution >= 4 is 17.5 Å². The number of carbonyl (C=O) groups excluding carboxylic acids is 2. The summed E-state index contributed by atoms with van der Waals surface area (Å²) in [5.74, 6) is 0.620. The molecule has 3 rings (SSSR count). The first kappa shape index (κ1) is 16.8. The molecule has 1 unspecified atom stereocenters. The van der Waals surface area contributed by atoms with Gasteiger partial charge in [0.1, 0.15) is 0 Å². The predicted octanol–water partition coefficient (Wildman–Crippen LogP) is 2.73. The number of hydrogen-bond acceptors (Lipinski definition) is 5. The number of fused-ring (bicyclic) bond motifs is 1. The molecule has 1 heterocycles. The standard InChI is InChI=1S/C19H20N2O4/c1-12(25-16-8-7-13(20)11-17(16)24-2)9-10-21-18(22)14-5-3-4-6-15(14)19(21)23/h3-8,11-12H,9-10,20H2,1-2H3. The minimum atomic E-state index is -0.252. The van der Waals surface area contributed by atoms with Crippen molar-refractivity contribution in [3.8, 4) is 11.5 Å². The van der Waals surface area contributed by atoms with Gasteiger partial charge in [-0.05, 0) is 31.2 Å². The Morgan fingerprint density at radius 1 is 1.04 bits per heavy atom. The smallest absolute Gasteiger partial charge is 0.261 e. The second kappa shape index (κ2) is 6.84. The molecule has 0 radical (unpaired) electrons. The topological polar surface area (TPSA) is 81.9 Å². The lowest BCUT2D eigenvalue weighted by Crippen LogP contribution is -2.33. The molecule has 1 aliphatic rings. The number of imide groups is 1. The van der Waals surface area contributed by atoms with Crippen LogP contribution >= 0.6 is 0 Å². The maximum absolute atomic E-state index is 12.3. The van der Waals surface area contributed by atoms with E-state index in [1.165, 1.54) is 4.90 Å². The molecule has 0 aliphatic carbocycles. The third-order valence-corrected chi connectivity index (χ3v) is 4.15. The summed E-state index contributed by atoms with van der Waals surface area (Å²) in [5.41, 5.74) is 7.24. The summed E-state index contributed by atoms with van der Waals surface area (Å²) in [5, 5.41) is 0. The van der Waals surface area contributed by atoms with Crippen molar-refractivity contribution in [2.75, 3.05) is 19.4 Å². The van der Waals surface area contributed by atoms with Gasteiger partial charge in [-0.3, -0.25) is 14.5 Å². The van der Waals surface area contributed by atoms with Crippen LogP contribution in [0.1, 0.15) is 34.1 Å². The number of hydrogen-bond donors (Lipinski definition) is 1. The van der Waals surface area contributed by atoms with Crippen LogP contribution in [-0.2, 0) is 0 Å². The molecule has 2 amide bonds. The van der Waals surface area contributed by atoms with Gasteiger partial charge in [0.2, 0.25) is 0 Å². The van der Waals surface area contributed by atoms with Gasteiger partial charge in [0.15, 0.2) is 11.5 Å². The van der Waals surface area contributed by atoms with Gasteiger partial charge < -0.3 is 15.2 Å². The van der Waals surface area contributed by atoms with Gasteiger partial charge in [-0.1, -0.05) is 12.1 Å². The summed E-state index contributed by atoms with van der Waals surface area (Å²) >= 11 is 0. The third kappa shape index (κ3) is 3.28. The molecule has 25 heavy (non-hydrogen) atoms. The van der Waals surface area contributed by atoms with Crippen LogP contribution in [-0.4, -0.2) is 36.5 Å². The fourth-order valence-electron chi connectivity index (χ4n) is 2.81. The summed E-state index contributed by atoms with van der Waals surface area (Å²) in [7, 11) is 1.55. The molecule has 2 N–H and O–H groups in total. The fraction of sp³-hybridized carbons (Fsp3) is 0.263.